The Morgan fingerprint density at radius 3 is 2.19 bits per heavy atom. The maximum atomic E-state index is 9.03. The van der Waals surface area contributed by atoms with Gasteiger partial charge in [-0.15, -0.1) is 22.7 Å². The lowest BCUT2D eigenvalue weighted by molar-refractivity contribution is 0.415. The van der Waals surface area contributed by atoms with Crippen molar-refractivity contribution in [1.82, 2.24) is 9.97 Å². The molecule has 0 fully saturated rings. The van der Waals surface area contributed by atoms with Gasteiger partial charge in [-0.2, -0.15) is 0 Å². The van der Waals surface area contributed by atoms with E-state index in [2.05, 4.69) is 9.97 Å². The van der Waals surface area contributed by atoms with Crippen LogP contribution < -0.4 is 4.74 Å². The lowest BCUT2D eigenvalue weighted by Crippen LogP contribution is -1.80. The molecule has 4 aromatic rings. The molecule has 0 unspecified atom stereocenters. The van der Waals surface area contributed by atoms with Gasteiger partial charge in [0.1, 0.15) is 11.5 Å². The maximum absolute atomic E-state index is 9.03. The number of nitrogens with zero attached hydrogens (tertiary/aromatic N) is 2. The third-order valence-electron chi connectivity index (χ3n) is 2.85. The molecular weight excluding hydrogens is 304 g/mol. The molecule has 4 nitrogen and oxygen atoms in total. The summed E-state index contributed by atoms with van der Waals surface area (Å²) in [5.41, 5.74) is 5.59. The zero-order valence-electron chi connectivity index (χ0n) is 11.2. The molecular formula is C15H12N2O2S2. The number of benzene rings is 2. The number of hydrogen-bond acceptors (Lipinski definition) is 6. The van der Waals surface area contributed by atoms with Gasteiger partial charge in [0, 0.05) is 0 Å². The molecule has 2 aromatic carbocycles. The summed E-state index contributed by atoms with van der Waals surface area (Å²) in [5, 5.41) is 9.03. The van der Waals surface area contributed by atoms with E-state index in [1.54, 1.807) is 42.2 Å². The van der Waals surface area contributed by atoms with Gasteiger partial charge in [0.05, 0.1) is 38.6 Å². The third kappa shape index (κ3) is 3.12. The molecule has 0 saturated carbocycles. The molecule has 0 aliphatic carbocycles. The molecule has 2 heterocycles. The number of aromatic hydroxyl groups is 1. The number of thiazole rings is 2. The van der Waals surface area contributed by atoms with E-state index in [1.807, 2.05) is 23.7 Å². The first kappa shape index (κ1) is 13.8. The fraction of sp³-hybridized carbons (Fsp3) is 0.0667. The van der Waals surface area contributed by atoms with Gasteiger partial charge < -0.3 is 9.84 Å². The van der Waals surface area contributed by atoms with Crippen LogP contribution in [0.15, 0.2) is 47.4 Å². The maximum Gasteiger partial charge on any atom is 0.120 e. The zero-order valence-corrected chi connectivity index (χ0v) is 12.8. The molecule has 0 spiro atoms. The smallest absolute Gasteiger partial charge is 0.120 e. The first-order valence-corrected chi connectivity index (χ1v) is 7.91. The normalized spacial score (nSPS) is 10.3. The fourth-order valence-corrected chi connectivity index (χ4v) is 3.22. The SMILES string of the molecule is COc1ccc2ncsc2c1.Oc1ccc2ncsc2c1. The summed E-state index contributed by atoms with van der Waals surface area (Å²) in [4.78, 5) is 8.22. The Balaban J connectivity index is 0.000000126. The van der Waals surface area contributed by atoms with E-state index < -0.39 is 0 Å². The van der Waals surface area contributed by atoms with Crippen LogP contribution in [0.1, 0.15) is 0 Å². The topological polar surface area (TPSA) is 55.2 Å². The standard InChI is InChI=1S/C8H7NOS.C7H5NOS/c1-10-6-2-3-7-8(4-6)11-5-9-7;9-5-1-2-6-7(3-5)10-4-8-6/h2-5H,1H3;1-4,9H. The highest BCUT2D eigenvalue weighted by molar-refractivity contribution is 7.17. The quantitative estimate of drug-likeness (QED) is 0.568. The van der Waals surface area contributed by atoms with Crippen LogP contribution >= 0.6 is 22.7 Å². The Labute approximate surface area is 129 Å². The summed E-state index contributed by atoms with van der Waals surface area (Å²) in [6.45, 7) is 0. The highest BCUT2D eigenvalue weighted by atomic mass is 32.1. The lowest BCUT2D eigenvalue weighted by atomic mass is 10.3. The molecule has 4 rings (SSSR count). The Morgan fingerprint density at radius 2 is 1.52 bits per heavy atom. The van der Waals surface area contributed by atoms with Crippen LogP contribution in [0.3, 0.4) is 0 Å². The molecule has 0 aliphatic heterocycles. The minimum Gasteiger partial charge on any atom is -0.508 e. The number of ether oxygens (including phenoxy) is 1. The summed E-state index contributed by atoms with van der Waals surface area (Å²) in [5.74, 6) is 1.19. The third-order valence-corrected chi connectivity index (χ3v) is 4.44. The molecule has 0 amide bonds. The molecule has 6 heteroatoms. The Morgan fingerprint density at radius 1 is 0.905 bits per heavy atom. The predicted octanol–water partition coefficient (Wildman–Crippen LogP) is 4.31. The van der Waals surface area contributed by atoms with Crippen LogP contribution in [0, 0.1) is 0 Å². The van der Waals surface area contributed by atoms with Crippen LogP contribution in [0.25, 0.3) is 20.4 Å². The highest BCUT2D eigenvalue weighted by Crippen LogP contribution is 2.23. The summed E-state index contributed by atoms with van der Waals surface area (Å²) >= 11 is 3.16. The van der Waals surface area contributed by atoms with Crippen LogP contribution in [-0.4, -0.2) is 22.2 Å². The molecule has 0 aliphatic rings. The van der Waals surface area contributed by atoms with E-state index in [0.717, 1.165) is 21.5 Å². The molecule has 0 saturated heterocycles. The number of phenolic OH excluding ortho intramolecular Hbond substituents is 1. The van der Waals surface area contributed by atoms with Gasteiger partial charge in [-0.1, -0.05) is 0 Å². The molecule has 1 N–H and O–H groups in total. The van der Waals surface area contributed by atoms with Crippen molar-refractivity contribution < 1.29 is 9.84 Å². The number of phenols is 1. The molecule has 21 heavy (non-hydrogen) atoms. The largest absolute Gasteiger partial charge is 0.508 e. The highest BCUT2D eigenvalue weighted by Gasteiger charge is 1.97. The fourth-order valence-electron chi connectivity index (χ4n) is 1.81. The summed E-state index contributed by atoms with van der Waals surface area (Å²) in [6.07, 6.45) is 0. The summed E-state index contributed by atoms with van der Waals surface area (Å²) in [6, 6.07) is 11.0. The van der Waals surface area contributed by atoms with Gasteiger partial charge in [0.15, 0.2) is 0 Å². The van der Waals surface area contributed by atoms with Gasteiger partial charge >= 0.3 is 0 Å². The molecule has 2 aromatic heterocycles. The Kier molecular flexibility index (Phi) is 3.98. The van der Waals surface area contributed by atoms with Crippen LogP contribution in [0.4, 0.5) is 0 Å². The van der Waals surface area contributed by atoms with Crippen LogP contribution in [0.2, 0.25) is 0 Å². The lowest BCUT2D eigenvalue weighted by Gasteiger charge is -1.96. The van der Waals surface area contributed by atoms with E-state index in [-0.39, 0.29) is 0 Å². The second-order valence-corrected chi connectivity index (χ2v) is 5.96. The minimum atomic E-state index is 0.303. The summed E-state index contributed by atoms with van der Waals surface area (Å²) in [7, 11) is 1.67. The second kappa shape index (κ2) is 6.07. The number of hydrogen-bond donors (Lipinski definition) is 1. The molecule has 0 radical (unpaired) electrons. The number of aromatic nitrogens is 2. The molecule has 0 bridgehead atoms. The summed E-state index contributed by atoms with van der Waals surface area (Å²) < 4.78 is 7.27. The van der Waals surface area contributed by atoms with Crippen molar-refractivity contribution in [3.63, 3.8) is 0 Å². The average molecular weight is 316 g/mol. The second-order valence-electron chi connectivity index (χ2n) is 4.19. The molecule has 106 valence electrons. The average Bonchev–Trinajstić information content (AvgIpc) is 3.15. The van der Waals surface area contributed by atoms with Crippen molar-refractivity contribution in [3.8, 4) is 11.5 Å². The Hall–Kier alpha value is -2.18. The van der Waals surface area contributed by atoms with E-state index in [9.17, 15) is 0 Å². The first-order chi connectivity index (χ1) is 10.3. The van der Waals surface area contributed by atoms with Gasteiger partial charge in [-0.05, 0) is 36.4 Å². The number of rotatable bonds is 1. The Bertz CT molecular complexity index is 870. The monoisotopic (exact) mass is 316 g/mol. The van der Waals surface area contributed by atoms with Crippen molar-refractivity contribution in [2.24, 2.45) is 0 Å². The van der Waals surface area contributed by atoms with Crippen molar-refractivity contribution in [3.05, 3.63) is 47.4 Å². The zero-order chi connectivity index (χ0) is 14.7. The van der Waals surface area contributed by atoms with Crippen LogP contribution in [0.5, 0.6) is 11.5 Å². The van der Waals surface area contributed by atoms with E-state index in [0.29, 0.717) is 5.75 Å². The molecule has 0 atom stereocenters. The number of fused-ring (bicyclic) bond motifs is 2. The van der Waals surface area contributed by atoms with E-state index in [1.165, 1.54) is 16.0 Å². The van der Waals surface area contributed by atoms with Crippen LogP contribution in [-0.2, 0) is 0 Å². The van der Waals surface area contributed by atoms with Gasteiger partial charge in [-0.25, -0.2) is 9.97 Å². The van der Waals surface area contributed by atoms with Gasteiger partial charge in [-0.3, -0.25) is 0 Å². The first-order valence-electron chi connectivity index (χ1n) is 6.16. The van der Waals surface area contributed by atoms with Gasteiger partial charge in [0.2, 0.25) is 0 Å². The van der Waals surface area contributed by atoms with Crippen molar-refractivity contribution in [1.29, 1.82) is 0 Å². The minimum absolute atomic E-state index is 0.303. The van der Waals surface area contributed by atoms with Crippen molar-refractivity contribution in [2.45, 2.75) is 0 Å². The van der Waals surface area contributed by atoms with Gasteiger partial charge in [0.25, 0.3) is 0 Å². The van der Waals surface area contributed by atoms with E-state index >= 15 is 0 Å². The predicted molar refractivity (Wildman–Crippen MR) is 87.5 cm³/mol. The van der Waals surface area contributed by atoms with Crippen molar-refractivity contribution >= 4 is 43.1 Å². The van der Waals surface area contributed by atoms with Crippen molar-refractivity contribution in [2.75, 3.05) is 7.11 Å². The van der Waals surface area contributed by atoms with E-state index in [4.69, 9.17) is 9.84 Å². The number of methoxy groups -OCH3 is 1.